The van der Waals surface area contributed by atoms with Crippen LogP contribution in [0.2, 0.25) is 0 Å². The van der Waals surface area contributed by atoms with Crippen LogP contribution in [0.5, 0.6) is 0 Å². The molecule has 0 aromatic carbocycles. The van der Waals surface area contributed by atoms with Crippen molar-refractivity contribution < 1.29 is 33.7 Å². The van der Waals surface area contributed by atoms with E-state index < -0.39 is 36.3 Å². The van der Waals surface area contributed by atoms with Gasteiger partial charge in [0.05, 0.1) is 13.2 Å². The molecule has 134 valence electrons. The van der Waals surface area contributed by atoms with Gasteiger partial charge in [0.15, 0.2) is 11.2 Å². The molecule has 2 saturated heterocycles. The summed E-state index contributed by atoms with van der Waals surface area (Å²) < 4.78 is 9.70. The minimum atomic E-state index is -1.04. The molecule has 0 saturated carbocycles. The van der Waals surface area contributed by atoms with E-state index in [0.29, 0.717) is 0 Å². The third-order valence-corrected chi connectivity index (χ3v) is 3.16. The first-order valence-corrected chi connectivity index (χ1v) is 7.27. The maximum Gasteiger partial charge on any atom is 0.510 e. The van der Waals surface area contributed by atoms with Gasteiger partial charge in [0.2, 0.25) is 5.82 Å². The fourth-order valence-corrected chi connectivity index (χ4v) is 2.23. The van der Waals surface area contributed by atoms with Crippen molar-refractivity contribution in [3.8, 4) is 0 Å². The molecule has 0 aromatic heterocycles. The zero-order valence-electron chi connectivity index (χ0n) is 13.6. The van der Waals surface area contributed by atoms with Gasteiger partial charge in [0, 0.05) is 6.92 Å². The zero-order chi connectivity index (χ0) is 18.0. The van der Waals surface area contributed by atoms with E-state index in [9.17, 15) is 19.7 Å². The molecule has 12 nitrogen and oxygen atoms in total. The first-order valence-electron chi connectivity index (χ1n) is 7.27. The standard InChI is InChI=1S/C12H18N4O8/c1-5-21-11(17)13-7(3)23-15(19)9(13)10-14(12(18)22-6-2)8(4)24-16(10)20/h7-8H,5-6H2,1-4H3. The first-order chi connectivity index (χ1) is 11.3. The number of carbonyl (C=O) groups excluding carboxylic acids is 2. The Bertz CT molecular complexity index is 579. The average molecular weight is 346 g/mol. The minimum Gasteiger partial charge on any atom is -0.732 e. The van der Waals surface area contributed by atoms with Crippen LogP contribution in [0.3, 0.4) is 0 Å². The highest BCUT2D eigenvalue weighted by Crippen LogP contribution is 2.34. The molecule has 2 atom stereocenters. The van der Waals surface area contributed by atoms with Gasteiger partial charge in [0.25, 0.3) is 6.23 Å². The zero-order valence-corrected chi connectivity index (χ0v) is 13.6. The SMILES string of the molecule is CCOC(=O)N1C(=C2N(C(=O)OCC)C(C)O[N+]2=O)N([O-])OC1C. The van der Waals surface area contributed by atoms with Crippen molar-refractivity contribution in [3.05, 3.63) is 21.8 Å². The maximum absolute atomic E-state index is 12.1. The minimum absolute atomic E-state index is 0.0408. The van der Waals surface area contributed by atoms with Crippen LogP contribution < -0.4 is 0 Å². The molecule has 2 amide bonds. The molecule has 2 aliphatic rings. The van der Waals surface area contributed by atoms with Crippen LogP contribution in [-0.4, -0.2) is 57.8 Å². The number of rotatable bonds is 2. The molecule has 0 N–H and O–H groups in total. The molecule has 0 bridgehead atoms. The number of ether oxygens (including phenoxy) is 2. The predicted octanol–water partition coefficient (Wildman–Crippen LogP) is 1.19. The number of carbonyl (C=O) groups is 2. The molecular formula is C12H18N4O8. The molecule has 12 heteroatoms. The Morgan fingerprint density at radius 2 is 1.67 bits per heavy atom. The molecule has 24 heavy (non-hydrogen) atoms. The van der Waals surface area contributed by atoms with Crippen molar-refractivity contribution in [1.82, 2.24) is 15.0 Å². The van der Waals surface area contributed by atoms with E-state index in [1.54, 1.807) is 13.8 Å². The Kier molecular flexibility index (Phi) is 5.09. The molecule has 0 aliphatic carbocycles. The van der Waals surface area contributed by atoms with E-state index in [2.05, 4.69) is 0 Å². The highest BCUT2D eigenvalue weighted by molar-refractivity contribution is 5.72. The van der Waals surface area contributed by atoms with Crippen molar-refractivity contribution >= 4 is 12.2 Å². The lowest BCUT2D eigenvalue weighted by molar-refractivity contribution is -0.758. The number of hydrogen-bond donors (Lipinski definition) is 0. The molecule has 2 aliphatic heterocycles. The van der Waals surface area contributed by atoms with Gasteiger partial charge in [-0.3, -0.25) is 10.1 Å². The van der Waals surface area contributed by atoms with Crippen molar-refractivity contribution in [2.24, 2.45) is 0 Å². The van der Waals surface area contributed by atoms with Crippen molar-refractivity contribution in [2.45, 2.75) is 40.2 Å². The van der Waals surface area contributed by atoms with Gasteiger partial charge >= 0.3 is 18.0 Å². The van der Waals surface area contributed by atoms with Crippen LogP contribution in [0.25, 0.3) is 0 Å². The van der Waals surface area contributed by atoms with E-state index in [0.717, 1.165) is 9.80 Å². The summed E-state index contributed by atoms with van der Waals surface area (Å²) in [5.74, 6) is -1.07. The van der Waals surface area contributed by atoms with Gasteiger partial charge in [0.1, 0.15) is 0 Å². The summed E-state index contributed by atoms with van der Waals surface area (Å²) in [6.45, 7) is 6.04. The molecular weight excluding hydrogens is 328 g/mol. The summed E-state index contributed by atoms with van der Waals surface area (Å²) in [6.07, 6.45) is -3.92. The molecule has 2 rings (SSSR count). The van der Waals surface area contributed by atoms with Gasteiger partial charge in [-0.2, -0.15) is 4.79 Å². The molecule has 0 spiro atoms. The Labute approximate surface area is 137 Å². The van der Waals surface area contributed by atoms with Gasteiger partial charge in [-0.05, 0) is 25.7 Å². The molecule has 0 aromatic rings. The smallest absolute Gasteiger partial charge is 0.510 e. The molecule has 2 unspecified atom stereocenters. The average Bonchev–Trinajstić information content (AvgIpc) is 2.94. The van der Waals surface area contributed by atoms with Gasteiger partial charge in [-0.1, -0.05) is 0 Å². The summed E-state index contributed by atoms with van der Waals surface area (Å²) in [7, 11) is 0. The molecule has 2 fully saturated rings. The van der Waals surface area contributed by atoms with Crippen molar-refractivity contribution in [2.75, 3.05) is 13.2 Å². The summed E-state index contributed by atoms with van der Waals surface area (Å²) >= 11 is 0. The highest BCUT2D eigenvalue weighted by atomic mass is 16.9. The van der Waals surface area contributed by atoms with Crippen LogP contribution in [-0.2, 0) is 19.1 Å². The van der Waals surface area contributed by atoms with E-state index >= 15 is 0 Å². The monoisotopic (exact) mass is 346 g/mol. The Morgan fingerprint density at radius 1 is 1.12 bits per heavy atom. The topological polar surface area (TPSA) is 124 Å². The van der Waals surface area contributed by atoms with Gasteiger partial charge in [-0.25, -0.2) is 14.5 Å². The fourth-order valence-electron chi connectivity index (χ4n) is 2.23. The lowest BCUT2D eigenvalue weighted by atomic mass is 10.4. The Balaban J connectivity index is 2.52. The highest BCUT2D eigenvalue weighted by Gasteiger charge is 2.55. The van der Waals surface area contributed by atoms with E-state index in [1.165, 1.54) is 13.8 Å². The van der Waals surface area contributed by atoms with E-state index in [-0.39, 0.29) is 23.4 Å². The van der Waals surface area contributed by atoms with Crippen LogP contribution in [0.4, 0.5) is 9.59 Å². The fraction of sp³-hybridized carbons (Fsp3) is 0.667. The number of hydrogen-bond acceptors (Lipinski definition) is 9. The van der Waals surface area contributed by atoms with E-state index in [1.807, 2.05) is 0 Å². The van der Waals surface area contributed by atoms with Crippen LogP contribution >= 0.6 is 0 Å². The normalized spacial score (nSPS) is 26.7. The second-order valence-electron chi connectivity index (χ2n) is 4.71. The summed E-state index contributed by atoms with van der Waals surface area (Å²) in [5, 5.41) is 12.0. The number of nitrogens with zero attached hydrogens (tertiary/aromatic N) is 4. The Morgan fingerprint density at radius 3 is 2.21 bits per heavy atom. The summed E-state index contributed by atoms with van der Waals surface area (Å²) in [5.41, 5.74) is 0. The lowest BCUT2D eigenvalue weighted by Crippen LogP contribution is -2.40. The number of hydroxylamine groups is 2. The quantitative estimate of drug-likeness (QED) is 0.725. The number of amides is 2. The van der Waals surface area contributed by atoms with Crippen LogP contribution in [0, 0.1) is 10.1 Å². The first kappa shape index (κ1) is 17.7. The van der Waals surface area contributed by atoms with E-state index in [4.69, 9.17) is 19.1 Å². The largest absolute Gasteiger partial charge is 0.732 e. The molecule has 2 heterocycles. The third-order valence-electron chi connectivity index (χ3n) is 3.16. The van der Waals surface area contributed by atoms with Gasteiger partial charge in [-0.15, -0.1) is 4.90 Å². The van der Waals surface area contributed by atoms with Crippen LogP contribution in [0.1, 0.15) is 27.7 Å². The maximum atomic E-state index is 12.1. The Hall–Kier alpha value is -2.60. The van der Waals surface area contributed by atoms with Gasteiger partial charge < -0.3 is 14.7 Å². The van der Waals surface area contributed by atoms with Crippen molar-refractivity contribution in [1.29, 1.82) is 0 Å². The summed E-state index contributed by atoms with van der Waals surface area (Å²) in [4.78, 5) is 47.6. The second-order valence-corrected chi connectivity index (χ2v) is 4.71. The molecule has 0 radical (unpaired) electrons. The van der Waals surface area contributed by atoms with Crippen LogP contribution in [0.15, 0.2) is 11.6 Å². The third kappa shape index (κ3) is 2.92. The lowest BCUT2D eigenvalue weighted by Gasteiger charge is -2.23. The van der Waals surface area contributed by atoms with Crippen molar-refractivity contribution in [3.63, 3.8) is 0 Å². The second kappa shape index (κ2) is 6.88. The predicted molar refractivity (Wildman–Crippen MR) is 74.7 cm³/mol. The summed E-state index contributed by atoms with van der Waals surface area (Å²) in [6, 6.07) is 0.